The van der Waals surface area contributed by atoms with Crippen LogP contribution in [0.2, 0.25) is 0 Å². The third kappa shape index (κ3) is 5.56. The standard InChI is InChI=1S/C17H24O6/c1-6-17(2,3)16(19)23-13-8-7-12(9-15(18)21-5)14(10-13)22-11-20-4/h7-8,10H,6,9,11H2,1-5H3. The zero-order valence-corrected chi connectivity index (χ0v) is 14.3. The highest BCUT2D eigenvalue weighted by Crippen LogP contribution is 2.29. The number of carbonyl (C=O) groups excluding carboxylic acids is 2. The lowest BCUT2D eigenvalue weighted by Crippen LogP contribution is -2.28. The lowest BCUT2D eigenvalue weighted by molar-refractivity contribution is -0.144. The molecule has 6 nitrogen and oxygen atoms in total. The van der Waals surface area contributed by atoms with E-state index in [9.17, 15) is 9.59 Å². The van der Waals surface area contributed by atoms with Gasteiger partial charge in [0.2, 0.25) is 0 Å². The number of methoxy groups -OCH3 is 2. The van der Waals surface area contributed by atoms with Crippen LogP contribution in [0.1, 0.15) is 32.8 Å². The van der Waals surface area contributed by atoms with Gasteiger partial charge in [-0.15, -0.1) is 0 Å². The summed E-state index contributed by atoms with van der Waals surface area (Å²) in [5.41, 5.74) is 0.0570. The van der Waals surface area contributed by atoms with Gasteiger partial charge in [0.25, 0.3) is 0 Å². The normalized spacial score (nSPS) is 11.0. The van der Waals surface area contributed by atoms with Crippen molar-refractivity contribution < 1.29 is 28.5 Å². The fourth-order valence-corrected chi connectivity index (χ4v) is 1.62. The SMILES string of the molecule is CCC(C)(C)C(=O)Oc1ccc(CC(=O)OC)c(OCOC)c1. The Hall–Kier alpha value is -2.08. The largest absolute Gasteiger partial charge is 0.469 e. The molecule has 0 saturated carbocycles. The molecule has 0 radical (unpaired) electrons. The van der Waals surface area contributed by atoms with E-state index in [1.54, 1.807) is 18.2 Å². The van der Waals surface area contributed by atoms with Gasteiger partial charge in [-0.1, -0.05) is 13.0 Å². The quantitative estimate of drug-likeness (QED) is 0.416. The lowest BCUT2D eigenvalue weighted by Gasteiger charge is -2.20. The van der Waals surface area contributed by atoms with Crippen LogP contribution >= 0.6 is 0 Å². The summed E-state index contributed by atoms with van der Waals surface area (Å²) in [4.78, 5) is 23.6. The zero-order chi connectivity index (χ0) is 17.5. The molecule has 1 aromatic carbocycles. The predicted octanol–water partition coefficient (Wildman–Crippen LogP) is 2.73. The molecule has 0 amide bonds. The van der Waals surface area contributed by atoms with Gasteiger partial charge in [-0.3, -0.25) is 9.59 Å². The van der Waals surface area contributed by atoms with Crippen LogP contribution in [0.4, 0.5) is 0 Å². The minimum absolute atomic E-state index is 0.0199. The van der Waals surface area contributed by atoms with Crippen molar-refractivity contribution in [2.24, 2.45) is 5.41 Å². The minimum Gasteiger partial charge on any atom is -0.469 e. The predicted molar refractivity (Wildman–Crippen MR) is 84.4 cm³/mol. The molecule has 0 aliphatic carbocycles. The Bertz CT molecular complexity index is 550. The molecular formula is C17H24O6. The molecule has 128 valence electrons. The molecule has 0 N–H and O–H groups in total. The highest BCUT2D eigenvalue weighted by molar-refractivity contribution is 5.78. The molecule has 23 heavy (non-hydrogen) atoms. The van der Waals surface area contributed by atoms with E-state index in [1.165, 1.54) is 14.2 Å². The van der Waals surface area contributed by atoms with Gasteiger partial charge in [-0.2, -0.15) is 0 Å². The monoisotopic (exact) mass is 324 g/mol. The fraction of sp³-hybridized carbons (Fsp3) is 0.529. The number of hydrogen-bond acceptors (Lipinski definition) is 6. The molecule has 0 heterocycles. The van der Waals surface area contributed by atoms with E-state index >= 15 is 0 Å². The summed E-state index contributed by atoms with van der Waals surface area (Å²) < 4.78 is 20.4. The van der Waals surface area contributed by atoms with Crippen molar-refractivity contribution in [1.29, 1.82) is 0 Å². The van der Waals surface area contributed by atoms with E-state index in [4.69, 9.17) is 14.2 Å². The van der Waals surface area contributed by atoms with Gasteiger partial charge in [-0.25, -0.2) is 0 Å². The zero-order valence-electron chi connectivity index (χ0n) is 14.3. The van der Waals surface area contributed by atoms with Crippen molar-refractivity contribution in [3.8, 4) is 11.5 Å². The first kappa shape index (κ1) is 19.0. The van der Waals surface area contributed by atoms with Crippen LogP contribution in [0.3, 0.4) is 0 Å². The number of hydrogen-bond donors (Lipinski definition) is 0. The number of ether oxygens (including phenoxy) is 4. The van der Waals surface area contributed by atoms with Crippen molar-refractivity contribution in [2.45, 2.75) is 33.6 Å². The molecular weight excluding hydrogens is 300 g/mol. The summed E-state index contributed by atoms with van der Waals surface area (Å²) in [7, 11) is 2.81. The van der Waals surface area contributed by atoms with Crippen molar-refractivity contribution in [3.63, 3.8) is 0 Å². The second-order valence-corrected chi connectivity index (χ2v) is 5.70. The molecule has 0 atom stereocenters. The molecule has 0 unspecified atom stereocenters. The molecule has 1 rings (SSSR count). The van der Waals surface area contributed by atoms with E-state index in [1.807, 2.05) is 20.8 Å². The highest BCUT2D eigenvalue weighted by atomic mass is 16.7. The Balaban J connectivity index is 2.98. The molecule has 0 bridgehead atoms. The number of carbonyl (C=O) groups is 2. The second kappa shape index (κ2) is 8.53. The number of rotatable bonds is 8. The van der Waals surface area contributed by atoms with Gasteiger partial charge in [0, 0.05) is 18.7 Å². The summed E-state index contributed by atoms with van der Waals surface area (Å²) in [6.07, 6.45) is 0.726. The maximum Gasteiger partial charge on any atom is 0.316 e. The molecule has 6 heteroatoms. The Morgan fingerprint density at radius 1 is 1.17 bits per heavy atom. The topological polar surface area (TPSA) is 71.1 Å². The van der Waals surface area contributed by atoms with E-state index in [2.05, 4.69) is 4.74 Å². The second-order valence-electron chi connectivity index (χ2n) is 5.70. The van der Waals surface area contributed by atoms with Crippen LogP contribution in [0, 0.1) is 5.41 Å². The minimum atomic E-state index is -0.571. The average molecular weight is 324 g/mol. The average Bonchev–Trinajstić information content (AvgIpc) is 2.54. The van der Waals surface area contributed by atoms with Crippen LogP contribution in [-0.4, -0.2) is 33.0 Å². The van der Waals surface area contributed by atoms with Gasteiger partial charge < -0.3 is 18.9 Å². The van der Waals surface area contributed by atoms with Gasteiger partial charge >= 0.3 is 11.9 Å². The van der Waals surface area contributed by atoms with Gasteiger partial charge in [0.05, 0.1) is 18.9 Å². The molecule has 0 aliphatic rings. The Morgan fingerprint density at radius 3 is 2.43 bits per heavy atom. The van der Waals surface area contributed by atoms with Crippen molar-refractivity contribution in [1.82, 2.24) is 0 Å². The molecule has 0 fully saturated rings. The number of benzene rings is 1. The van der Waals surface area contributed by atoms with Gasteiger partial charge in [0.15, 0.2) is 6.79 Å². The van der Waals surface area contributed by atoms with E-state index in [0.29, 0.717) is 23.5 Å². The van der Waals surface area contributed by atoms with Crippen molar-refractivity contribution in [2.75, 3.05) is 21.0 Å². The van der Waals surface area contributed by atoms with Gasteiger partial charge in [0.1, 0.15) is 11.5 Å². The van der Waals surface area contributed by atoms with Crippen molar-refractivity contribution in [3.05, 3.63) is 23.8 Å². The maximum atomic E-state index is 12.1. The third-order valence-electron chi connectivity index (χ3n) is 3.58. The Morgan fingerprint density at radius 2 is 1.87 bits per heavy atom. The lowest BCUT2D eigenvalue weighted by atomic mass is 9.91. The van der Waals surface area contributed by atoms with Crippen molar-refractivity contribution >= 4 is 11.9 Å². The summed E-state index contributed by atoms with van der Waals surface area (Å²) in [5.74, 6) is 0.0654. The molecule has 0 aromatic heterocycles. The van der Waals surface area contributed by atoms with Crippen LogP contribution in [0.5, 0.6) is 11.5 Å². The van der Waals surface area contributed by atoms with Crippen LogP contribution < -0.4 is 9.47 Å². The molecule has 0 saturated heterocycles. The first-order chi connectivity index (χ1) is 10.8. The summed E-state index contributed by atoms with van der Waals surface area (Å²) in [6.45, 7) is 5.59. The fourth-order valence-electron chi connectivity index (χ4n) is 1.62. The van der Waals surface area contributed by atoms with E-state index < -0.39 is 5.41 Å². The highest BCUT2D eigenvalue weighted by Gasteiger charge is 2.27. The smallest absolute Gasteiger partial charge is 0.316 e. The first-order valence-corrected chi connectivity index (χ1v) is 7.37. The maximum absolute atomic E-state index is 12.1. The van der Waals surface area contributed by atoms with Crippen LogP contribution in [0.25, 0.3) is 0 Å². The van der Waals surface area contributed by atoms with Crippen LogP contribution in [-0.2, 0) is 25.5 Å². The molecule has 0 spiro atoms. The van der Waals surface area contributed by atoms with Gasteiger partial charge in [-0.05, 0) is 26.3 Å². The first-order valence-electron chi connectivity index (χ1n) is 7.37. The van der Waals surface area contributed by atoms with E-state index in [-0.39, 0.29) is 25.2 Å². The Kier molecular flexibility index (Phi) is 7.03. The number of esters is 2. The molecule has 0 aliphatic heterocycles. The summed E-state index contributed by atoms with van der Waals surface area (Å²) in [5, 5.41) is 0. The molecule has 1 aromatic rings. The Labute approximate surface area is 136 Å². The third-order valence-corrected chi connectivity index (χ3v) is 3.58. The van der Waals surface area contributed by atoms with E-state index in [0.717, 1.165) is 0 Å². The van der Waals surface area contributed by atoms with Crippen LogP contribution in [0.15, 0.2) is 18.2 Å². The summed E-state index contributed by atoms with van der Waals surface area (Å²) in [6, 6.07) is 4.87. The summed E-state index contributed by atoms with van der Waals surface area (Å²) >= 11 is 0.